The lowest BCUT2D eigenvalue weighted by molar-refractivity contribution is -0.136. The van der Waals surface area contributed by atoms with Gasteiger partial charge in [0.25, 0.3) is 0 Å². The van der Waals surface area contributed by atoms with E-state index in [0.29, 0.717) is 19.0 Å². The summed E-state index contributed by atoms with van der Waals surface area (Å²) in [5, 5.41) is 9.06. The van der Waals surface area contributed by atoms with Crippen molar-refractivity contribution < 1.29 is 19.4 Å². The van der Waals surface area contributed by atoms with Crippen molar-refractivity contribution in [3.05, 3.63) is 71.5 Å². The average Bonchev–Trinajstić information content (AvgIpc) is 2.54. The summed E-state index contributed by atoms with van der Waals surface area (Å²) in [5.41, 5.74) is 1.79. The number of rotatable bonds is 7. The molecule has 0 amide bonds. The minimum absolute atomic E-state index is 0.0808. The molecule has 0 aliphatic rings. The highest BCUT2D eigenvalue weighted by Crippen LogP contribution is 2.18. The van der Waals surface area contributed by atoms with E-state index in [9.17, 15) is 4.79 Å². The number of carboxylic acid groups (broad SMARTS) is 1. The number of hydrogen-bond donors (Lipinski definition) is 1. The fraction of sp³-hybridized carbons (Fsp3) is 0.167. The van der Waals surface area contributed by atoms with Crippen molar-refractivity contribution in [2.24, 2.45) is 0 Å². The van der Waals surface area contributed by atoms with Gasteiger partial charge in [-0.25, -0.2) is 4.79 Å². The zero-order chi connectivity index (χ0) is 15.8. The predicted octanol–water partition coefficient (Wildman–Crippen LogP) is 3.73. The molecular formula is C18H18O4. The minimum Gasteiger partial charge on any atom is -0.489 e. The van der Waals surface area contributed by atoms with Gasteiger partial charge in [0, 0.05) is 0 Å². The normalized spacial score (nSPS) is 11.0. The molecule has 0 spiro atoms. The van der Waals surface area contributed by atoms with E-state index in [1.165, 1.54) is 6.08 Å². The first kappa shape index (κ1) is 15.6. The topological polar surface area (TPSA) is 55.8 Å². The van der Waals surface area contributed by atoms with Gasteiger partial charge in [0.15, 0.2) is 0 Å². The predicted molar refractivity (Wildman–Crippen MR) is 84.5 cm³/mol. The molecule has 4 nitrogen and oxygen atoms in total. The van der Waals surface area contributed by atoms with Crippen LogP contribution in [-0.4, -0.2) is 17.7 Å². The number of carboxylic acids is 1. The molecule has 0 heterocycles. The molecule has 0 saturated heterocycles. The van der Waals surface area contributed by atoms with E-state index in [1.54, 1.807) is 19.1 Å². The van der Waals surface area contributed by atoms with Crippen LogP contribution in [0, 0.1) is 0 Å². The zero-order valence-corrected chi connectivity index (χ0v) is 12.4. The second-order valence-electron chi connectivity index (χ2n) is 4.59. The van der Waals surface area contributed by atoms with Crippen LogP contribution in [0.2, 0.25) is 0 Å². The molecule has 2 aromatic rings. The van der Waals surface area contributed by atoms with Gasteiger partial charge < -0.3 is 14.6 Å². The number of aliphatic carboxylic acids is 1. The van der Waals surface area contributed by atoms with E-state index in [0.717, 1.165) is 11.1 Å². The molecule has 0 radical (unpaired) electrons. The standard InChI is InChI=1S/C18H18O4/c1-2-21-17(18(19)20)12-15-9-6-10-16(11-15)22-13-14-7-4-3-5-8-14/h3-12H,2,13H2,1H3,(H,19,20). The van der Waals surface area contributed by atoms with Crippen molar-refractivity contribution in [3.8, 4) is 5.75 Å². The highest BCUT2D eigenvalue weighted by Gasteiger charge is 2.08. The molecule has 2 rings (SSSR count). The lowest BCUT2D eigenvalue weighted by Crippen LogP contribution is -2.04. The highest BCUT2D eigenvalue weighted by atomic mass is 16.5. The first-order valence-electron chi connectivity index (χ1n) is 7.03. The fourth-order valence-corrected chi connectivity index (χ4v) is 1.91. The van der Waals surface area contributed by atoms with Gasteiger partial charge in [-0.3, -0.25) is 0 Å². The quantitative estimate of drug-likeness (QED) is 0.625. The van der Waals surface area contributed by atoms with Crippen molar-refractivity contribution >= 4 is 12.0 Å². The Bertz CT molecular complexity index is 647. The Balaban J connectivity index is 2.09. The van der Waals surface area contributed by atoms with E-state index in [2.05, 4.69) is 0 Å². The van der Waals surface area contributed by atoms with E-state index in [4.69, 9.17) is 14.6 Å². The average molecular weight is 298 g/mol. The van der Waals surface area contributed by atoms with E-state index < -0.39 is 5.97 Å². The Morgan fingerprint density at radius 2 is 1.91 bits per heavy atom. The van der Waals surface area contributed by atoms with Crippen LogP contribution in [-0.2, 0) is 16.1 Å². The molecular weight excluding hydrogens is 280 g/mol. The number of ether oxygens (including phenoxy) is 2. The molecule has 4 heteroatoms. The monoisotopic (exact) mass is 298 g/mol. The molecule has 0 unspecified atom stereocenters. The largest absolute Gasteiger partial charge is 0.489 e. The molecule has 114 valence electrons. The van der Waals surface area contributed by atoms with E-state index in [-0.39, 0.29) is 5.76 Å². The zero-order valence-electron chi connectivity index (χ0n) is 12.4. The maximum absolute atomic E-state index is 11.1. The van der Waals surface area contributed by atoms with Crippen LogP contribution in [0.15, 0.2) is 60.4 Å². The molecule has 0 aromatic heterocycles. The summed E-state index contributed by atoms with van der Waals surface area (Å²) in [6.45, 7) is 2.52. The summed E-state index contributed by atoms with van der Waals surface area (Å²) in [5.74, 6) is -0.487. The third kappa shape index (κ3) is 4.66. The summed E-state index contributed by atoms with van der Waals surface area (Å²) in [6.07, 6.45) is 1.49. The third-order valence-corrected chi connectivity index (χ3v) is 2.91. The van der Waals surface area contributed by atoms with Gasteiger partial charge in [0.1, 0.15) is 12.4 Å². The summed E-state index contributed by atoms with van der Waals surface area (Å²) in [7, 11) is 0. The van der Waals surface area contributed by atoms with Crippen LogP contribution in [0.4, 0.5) is 0 Å². The first-order chi connectivity index (χ1) is 10.7. The van der Waals surface area contributed by atoms with Gasteiger partial charge in [-0.15, -0.1) is 0 Å². The molecule has 0 aliphatic carbocycles. The summed E-state index contributed by atoms with van der Waals surface area (Å²) in [4.78, 5) is 11.1. The molecule has 22 heavy (non-hydrogen) atoms. The minimum atomic E-state index is -1.09. The second-order valence-corrected chi connectivity index (χ2v) is 4.59. The van der Waals surface area contributed by atoms with Gasteiger partial charge in [-0.2, -0.15) is 0 Å². The SMILES string of the molecule is CCOC(=Cc1cccc(OCc2ccccc2)c1)C(=O)O. The smallest absolute Gasteiger partial charge is 0.371 e. The summed E-state index contributed by atoms with van der Waals surface area (Å²) < 4.78 is 10.8. The maximum atomic E-state index is 11.1. The van der Waals surface area contributed by atoms with Crippen LogP contribution in [0.25, 0.3) is 6.08 Å². The number of benzene rings is 2. The highest BCUT2D eigenvalue weighted by molar-refractivity contribution is 5.89. The lowest BCUT2D eigenvalue weighted by Gasteiger charge is -2.08. The van der Waals surface area contributed by atoms with Crippen LogP contribution < -0.4 is 4.74 Å². The Labute approximate surface area is 129 Å². The van der Waals surface area contributed by atoms with Crippen LogP contribution in [0.3, 0.4) is 0 Å². The van der Waals surface area contributed by atoms with Crippen LogP contribution >= 0.6 is 0 Å². The fourth-order valence-electron chi connectivity index (χ4n) is 1.91. The van der Waals surface area contributed by atoms with Gasteiger partial charge in [-0.05, 0) is 36.3 Å². The van der Waals surface area contributed by atoms with Crippen molar-refractivity contribution in [2.45, 2.75) is 13.5 Å². The van der Waals surface area contributed by atoms with Crippen molar-refractivity contribution in [1.82, 2.24) is 0 Å². The Morgan fingerprint density at radius 1 is 1.14 bits per heavy atom. The Kier molecular flexibility index (Phi) is 5.60. The molecule has 0 fully saturated rings. The molecule has 1 N–H and O–H groups in total. The number of carbonyl (C=O) groups is 1. The van der Waals surface area contributed by atoms with E-state index in [1.807, 2.05) is 42.5 Å². The summed E-state index contributed by atoms with van der Waals surface area (Å²) >= 11 is 0. The molecule has 0 saturated carbocycles. The molecule has 0 bridgehead atoms. The van der Waals surface area contributed by atoms with Crippen molar-refractivity contribution in [3.63, 3.8) is 0 Å². The Hall–Kier alpha value is -2.75. The van der Waals surface area contributed by atoms with Gasteiger partial charge in [0.2, 0.25) is 5.76 Å². The van der Waals surface area contributed by atoms with Gasteiger partial charge in [-0.1, -0.05) is 42.5 Å². The van der Waals surface area contributed by atoms with E-state index >= 15 is 0 Å². The maximum Gasteiger partial charge on any atom is 0.371 e. The molecule has 0 atom stereocenters. The third-order valence-electron chi connectivity index (χ3n) is 2.91. The van der Waals surface area contributed by atoms with Crippen LogP contribution in [0.1, 0.15) is 18.1 Å². The van der Waals surface area contributed by atoms with Crippen molar-refractivity contribution in [1.29, 1.82) is 0 Å². The first-order valence-corrected chi connectivity index (χ1v) is 7.03. The lowest BCUT2D eigenvalue weighted by atomic mass is 10.2. The molecule has 0 aliphatic heterocycles. The number of hydrogen-bond acceptors (Lipinski definition) is 3. The molecule has 2 aromatic carbocycles. The second kappa shape index (κ2) is 7.88. The Morgan fingerprint density at radius 3 is 2.59 bits per heavy atom. The van der Waals surface area contributed by atoms with Gasteiger partial charge >= 0.3 is 5.97 Å². The van der Waals surface area contributed by atoms with Crippen molar-refractivity contribution in [2.75, 3.05) is 6.61 Å². The summed E-state index contributed by atoms with van der Waals surface area (Å²) in [6, 6.07) is 17.1. The van der Waals surface area contributed by atoms with Crippen LogP contribution in [0.5, 0.6) is 5.75 Å². The van der Waals surface area contributed by atoms with Gasteiger partial charge in [0.05, 0.1) is 6.61 Å².